The van der Waals surface area contributed by atoms with E-state index in [1.54, 1.807) is 19.4 Å². The number of methoxy groups -OCH3 is 1. The van der Waals surface area contributed by atoms with Crippen LogP contribution in [-0.2, 0) is 0 Å². The lowest BCUT2D eigenvalue weighted by atomic mass is 9.98. The summed E-state index contributed by atoms with van der Waals surface area (Å²) in [4.78, 5) is 4.50. The number of benzene rings is 2. The molecule has 1 N–H and O–H groups in total. The van der Waals surface area contributed by atoms with Crippen molar-refractivity contribution >= 4 is 35.9 Å². The van der Waals surface area contributed by atoms with Crippen LogP contribution < -0.4 is 25.2 Å². The minimum absolute atomic E-state index is 0.0391. The molecule has 0 aliphatic heterocycles. The first-order valence-electron chi connectivity index (χ1n) is 11.6. The number of anilines is 1. The van der Waals surface area contributed by atoms with Crippen LogP contribution in [0.3, 0.4) is 0 Å². The van der Waals surface area contributed by atoms with Gasteiger partial charge < -0.3 is 14.8 Å². The second kappa shape index (κ2) is 13.2. The summed E-state index contributed by atoms with van der Waals surface area (Å²) in [6.45, 7) is 12.7. The quantitative estimate of drug-likeness (QED) is 0.355. The second-order valence-electron chi connectivity index (χ2n) is 8.28. The fraction of sp³-hybridized carbons (Fsp3) is 0.444. The molecule has 0 saturated carbocycles. The third kappa shape index (κ3) is 7.78. The predicted molar refractivity (Wildman–Crippen MR) is 138 cm³/mol. The van der Waals surface area contributed by atoms with Crippen molar-refractivity contribution in [3.8, 4) is 11.5 Å². The first-order valence-corrected chi connectivity index (χ1v) is 12.0. The van der Waals surface area contributed by atoms with E-state index in [0.717, 1.165) is 42.5 Å². The largest absolute Gasteiger partial charge is 0.493 e. The Labute approximate surface area is 202 Å². The highest BCUT2D eigenvalue weighted by molar-refractivity contribution is 6.31. The molecule has 0 aliphatic carbocycles. The highest BCUT2D eigenvalue weighted by Crippen LogP contribution is 2.28. The van der Waals surface area contributed by atoms with Gasteiger partial charge in [-0.05, 0) is 61.2 Å². The van der Waals surface area contributed by atoms with Crippen LogP contribution in [0.4, 0.5) is 10.1 Å². The Balaban J connectivity index is 2.54. The molecule has 0 aliphatic rings. The van der Waals surface area contributed by atoms with Crippen molar-refractivity contribution in [2.75, 3.05) is 12.4 Å². The lowest BCUT2D eigenvalue weighted by Crippen LogP contribution is -2.29. The van der Waals surface area contributed by atoms with E-state index in [1.807, 2.05) is 19.1 Å². The lowest BCUT2D eigenvalue weighted by Gasteiger charge is -2.23. The number of halogens is 2. The van der Waals surface area contributed by atoms with Gasteiger partial charge in [-0.25, -0.2) is 9.38 Å². The summed E-state index contributed by atoms with van der Waals surface area (Å²) in [5.74, 6) is 1.96. The van der Waals surface area contributed by atoms with Crippen molar-refractivity contribution in [1.29, 1.82) is 0 Å². The Morgan fingerprint density at radius 2 is 2.00 bits per heavy atom. The van der Waals surface area contributed by atoms with Crippen LogP contribution in [0.5, 0.6) is 11.5 Å². The summed E-state index contributed by atoms with van der Waals surface area (Å²) in [6, 6.07) is 8.23. The van der Waals surface area contributed by atoms with E-state index >= 15 is 0 Å². The third-order valence-corrected chi connectivity index (χ3v) is 5.91. The number of hydrogen-bond acceptors (Lipinski definition) is 4. The van der Waals surface area contributed by atoms with Gasteiger partial charge in [0.1, 0.15) is 11.6 Å². The number of ether oxygens (including phenoxy) is 2. The van der Waals surface area contributed by atoms with E-state index in [1.165, 1.54) is 12.1 Å². The average Bonchev–Trinajstić information content (AvgIpc) is 2.80. The molecule has 4 nitrogen and oxygen atoms in total. The molecule has 180 valence electrons. The molecule has 33 heavy (non-hydrogen) atoms. The summed E-state index contributed by atoms with van der Waals surface area (Å²) in [5.41, 5.74) is 0.622. The molecule has 0 aromatic heterocycles. The molecular weight excluding hydrogens is 439 g/mol. The fourth-order valence-corrected chi connectivity index (χ4v) is 3.72. The van der Waals surface area contributed by atoms with Gasteiger partial charge >= 0.3 is 0 Å². The first-order chi connectivity index (χ1) is 15.8. The molecule has 6 heteroatoms. The van der Waals surface area contributed by atoms with Crippen LogP contribution in [0, 0.1) is 11.7 Å². The van der Waals surface area contributed by atoms with Gasteiger partial charge in [-0.3, -0.25) is 0 Å². The van der Waals surface area contributed by atoms with Gasteiger partial charge in [0.25, 0.3) is 0 Å². The van der Waals surface area contributed by atoms with Crippen molar-refractivity contribution in [2.45, 2.75) is 65.9 Å². The maximum absolute atomic E-state index is 13.6. The number of unbranched alkanes of at least 4 members (excludes halogenated alkanes) is 1. The van der Waals surface area contributed by atoms with Crippen LogP contribution in [0.2, 0.25) is 5.02 Å². The van der Waals surface area contributed by atoms with Crippen LogP contribution >= 0.6 is 11.6 Å². The molecule has 0 radical (unpaired) electrons. The molecule has 0 spiro atoms. The van der Waals surface area contributed by atoms with Gasteiger partial charge in [0.15, 0.2) is 11.5 Å². The van der Waals surface area contributed by atoms with Gasteiger partial charge in [-0.1, -0.05) is 58.2 Å². The molecule has 2 rings (SSSR count). The van der Waals surface area contributed by atoms with Gasteiger partial charge in [0.05, 0.1) is 18.2 Å². The number of rotatable bonds is 12. The van der Waals surface area contributed by atoms with Crippen molar-refractivity contribution in [2.24, 2.45) is 10.9 Å². The molecule has 2 unspecified atom stereocenters. The Bertz CT molecular complexity index is 1050. The molecule has 0 saturated heterocycles. The highest BCUT2D eigenvalue weighted by Gasteiger charge is 2.17. The monoisotopic (exact) mass is 474 g/mol. The average molecular weight is 475 g/mol. The van der Waals surface area contributed by atoms with Crippen LogP contribution in [0.15, 0.2) is 35.3 Å². The topological polar surface area (TPSA) is 42.9 Å². The summed E-state index contributed by atoms with van der Waals surface area (Å²) in [7, 11) is 1.63. The second-order valence-corrected chi connectivity index (χ2v) is 8.69. The zero-order valence-corrected chi connectivity index (χ0v) is 21.1. The van der Waals surface area contributed by atoms with Crippen molar-refractivity contribution < 1.29 is 13.9 Å². The Morgan fingerprint density at radius 1 is 1.24 bits per heavy atom. The minimum Gasteiger partial charge on any atom is -0.493 e. The molecular formula is C27H36ClFN2O2. The van der Waals surface area contributed by atoms with E-state index in [4.69, 9.17) is 21.1 Å². The molecule has 0 bridgehead atoms. The molecule has 0 fully saturated rings. The third-order valence-electron chi connectivity index (χ3n) is 5.62. The van der Waals surface area contributed by atoms with Gasteiger partial charge in [-0.15, -0.1) is 0 Å². The zero-order chi connectivity index (χ0) is 24.4. The SMILES string of the molecule is C=c1cc(OC)c(OC(CCCC)CC(C)CC)c/c1=C(/N=CC)Nc1ccc(F)c(Cl)c1. The van der Waals surface area contributed by atoms with Gasteiger partial charge in [0, 0.05) is 17.1 Å². The number of hydrogen-bond donors (Lipinski definition) is 1. The van der Waals surface area contributed by atoms with E-state index in [2.05, 4.69) is 37.7 Å². The highest BCUT2D eigenvalue weighted by atomic mass is 35.5. The molecule has 0 heterocycles. The van der Waals surface area contributed by atoms with E-state index < -0.39 is 5.82 Å². The number of aliphatic imine (C=N–C) groups is 1. The van der Waals surface area contributed by atoms with Crippen molar-refractivity contribution in [1.82, 2.24) is 0 Å². The smallest absolute Gasteiger partial charge is 0.162 e. The van der Waals surface area contributed by atoms with Crippen molar-refractivity contribution in [3.05, 3.63) is 51.6 Å². The van der Waals surface area contributed by atoms with Crippen LogP contribution in [0.1, 0.15) is 59.8 Å². The summed E-state index contributed by atoms with van der Waals surface area (Å²) < 4.78 is 25.7. The standard InChI is InChI=1S/C27H36ClFN2O2/c1-7-10-11-21(14-18(4)8-2)33-26-17-22(19(5)15-25(26)32-6)27(30-9-3)31-20-12-13-24(29)23(28)16-20/h9,12-13,15-18,21,31H,5,7-8,10-11,14H2,1-4,6H3/b27-22+,30-9?. The summed E-state index contributed by atoms with van der Waals surface area (Å²) in [6.07, 6.45) is 7.09. The fourth-order valence-electron chi connectivity index (χ4n) is 3.53. The van der Waals surface area contributed by atoms with Crippen LogP contribution in [0.25, 0.3) is 12.4 Å². The minimum atomic E-state index is -0.472. The van der Waals surface area contributed by atoms with E-state index in [9.17, 15) is 4.39 Å². The maximum atomic E-state index is 13.6. The number of nitrogens with one attached hydrogen (secondary N) is 1. The Hall–Kier alpha value is -2.53. The lowest BCUT2D eigenvalue weighted by molar-refractivity contribution is 0.151. The first kappa shape index (κ1) is 26.7. The molecule has 2 atom stereocenters. The van der Waals surface area contributed by atoms with E-state index in [0.29, 0.717) is 28.9 Å². The summed E-state index contributed by atoms with van der Waals surface area (Å²) in [5, 5.41) is 4.76. The van der Waals surface area contributed by atoms with Crippen LogP contribution in [-0.4, -0.2) is 19.4 Å². The number of nitrogens with zero attached hydrogens (tertiary/aromatic N) is 1. The normalized spacial score (nSPS) is 14.2. The zero-order valence-electron chi connectivity index (χ0n) is 20.4. The van der Waals surface area contributed by atoms with E-state index in [-0.39, 0.29) is 11.1 Å². The molecule has 2 aromatic rings. The Kier molecular flexibility index (Phi) is 10.7. The maximum Gasteiger partial charge on any atom is 0.162 e. The van der Waals surface area contributed by atoms with Crippen molar-refractivity contribution in [3.63, 3.8) is 0 Å². The summed E-state index contributed by atoms with van der Waals surface area (Å²) >= 11 is 5.96. The molecule has 0 amide bonds. The van der Waals surface area contributed by atoms with Gasteiger partial charge in [0.2, 0.25) is 0 Å². The van der Waals surface area contributed by atoms with Gasteiger partial charge in [-0.2, -0.15) is 0 Å². The molecule has 2 aromatic carbocycles. The Morgan fingerprint density at radius 3 is 2.61 bits per heavy atom. The predicted octanol–water partition coefficient (Wildman–Crippen LogP) is 6.54.